The lowest BCUT2D eigenvalue weighted by Gasteiger charge is -2.11. The lowest BCUT2D eigenvalue weighted by Crippen LogP contribution is -2.16. The summed E-state index contributed by atoms with van der Waals surface area (Å²) in [6.07, 6.45) is 2.90. The lowest BCUT2D eigenvalue weighted by atomic mass is 10.2. The molecule has 1 saturated heterocycles. The maximum Gasteiger partial charge on any atom is 0.213 e. The Morgan fingerprint density at radius 1 is 1.67 bits per heavy atom. The topological polar surface area (TPSA) is 43.4 Å². The molecule has 4 nitrogen and oxygen atoms in total. The van der Waals surface area contributed by atoms with Gasteiger partial charge in [0.05, 0.1) is 13.2 Å². The van der Waals surface area contributed by atoms with E-state index in [1.807, 2.05) is 19.2 Å². The van der Waals surface area contributed by atoms with Crippen molar-refractivity contribution in [1.29, 1.82) is 0 Å². The van der Waals surface area contributed by atoms with Gasteiger partial charge in [-0.05, 0) is 18.7 Å². The molecule has 0 spiro atoms. The first-order chi connectivity index (χ1) is 7.38. The molecule has 0 radical (unpaired) electrons. The summed E-state index contributed by atoms with van der Waals surface area (Å²) in [7, 11) is 1.92. The average Bonchev–Trinajstić information content (AvgIpc) is 2.71. The molecule has 1 unspecified atom stereocenters. The minimum atomic E-state index is 0.169. The number of ether oxygens (including phenoxy) is 2. The van der Waals surface area contributed by atoms with Gasteiger partial charge in [0.1, 0.15) is 6.10 Å². The van der Waals surface area contributed by atoms with E-state index >= 15 is 0 Å². The molecular formula is C11H16N2O2. The summed E-state index contributed by atoms with van der Waals surface area (Å²) < 4.78 is 10.9. The van der Waals surface area contributed by atoms with Gasteiger partial charge in [-0.15, -0.1) is 0 Å². The first-order valence-electron chi connectivity index (χ1n) is 5.22. The van der Waals surface area contributed by atoms with E-state index in [1.165, 1.54) is 5.56 Å². The van der Waals surface area contributed by atoms with E-state index in [9.17, 15) is 0 Å². The molecule has 0 aliphatic carbocycles. The van der Waals surface area contributed by atoms with Crippen molar-refractivity contribution < 1.29 is 9.47 Å². The van der Waals surface area contributed by atoms with Crippen LogP contribution in [0.1, 0.15) is 12.0 Å². The zero-order chi connectivity index (χ0) is 10.5. The second-order valence-corrected chi connectivity index (χ2v) is 3.64. The predicted octanol–water partition coefficient (Wildman–Crippen LogP) is 0.969. The SMILES string of the molecule is CNCc1ccnc(OC2CCOC2)c1. The molecule has 1 N–H and O–H groups in total. The fourth-order valence-electron chi connectivity index (χ4n) is 1.61. The Labute approximate surface area is 89.6 Å². The third-order valence-electron chi connectivity index (χ3n) is 2.36. The van der Waals surface area contributed by atoms with Crippen LogP contribution in [0.15, 0.2) is 18.3 Å². The van der Waals surface area contributed by atoms with E-state index in [4.69, 9.17) is 9.47 Å². The number of rotatable bonds is 4. The first-order valence-corrected chi connectivity index (χ1v) is 5.22. The first kappa shape index (κ1) is 10.4. The van der Waals surface area contributed by atoms with Crippen LogP contribution in [0.4, 0.5) is 0 Å². The molecule has 1 atom stereocenters. The van der Waals surface area contributed by atoms with E-state index in [0.717, 1.165) is 19.6 Å². The van der Waals surface area contributed by atoms with E-state index < -0.39 is 0 Å². The quantitative estimate of drug-likeness (QED) is 0.800. The van der Waals surface area contributed by atoms with Gasteiger partial charge in [-0.25, -0.2) is 4.98 Å². The van der Waals surface area contributed by atoms with Crippen molar-refractivity contribution in [2.45, 2.75) is 19.1 Å². The number of hydrogen-bond acceptors (Lipinski definition) is 4. The third kappa shape index (κ3) is 2.91. The van der Waals surface area contributed by atoms with Gasteiger partial charge in [0, 0.05) is 25.2 Å². The van der Waals surface area contributed by atoms with Gasteiger partial charge in [0.2, 0.25) is 5.88 Å². The molecule has 1 aromatic rings. The molecule has 2 rings (SSSR count). The molecule has 4 heteroatoms. The Balaban J connectivity index is 1.97. The van der Waals surface area contributed by atoms with Gasteiger partial charge in [0.15, 0.2) is 0 Å². The molecule has 2 heterocycles. The van der Waals surface area contributed by atoms with Crippen molar-refractivity contribution in [2.24, 2.45) is 0 Å². The normalized spacial score (nSPS) is 20.5. The predicted molar refractivity (Wildman–Crippen MR) is 56.9 cm³/mol. The highest BCUT2D eigenvalue weighted by Gasteiger charge is 2.17. The highest BCUT2D eigenvalue weighted by atomic mass is 16.5. The van der Waals surface area contributed by atoms with E-state index in [-0.39, 0.29) is 6.10 Å². The van der Waals surface area contributed by atoms with Crippen LogP contribution in [-0.4, -0.2) is 31.3 Å². The number of nitrogens with zero attached hydrogens (tertiary/aromatic N) is 1. The largest absolute Gasteiger partial charge is 0.472 e. The van der Waals surface area contributed by atoms with Crippen molar-refractivity contribution in [3.63, 3.8) is 0 Å². The van der Waals surface area contributed by atoms with Crippen LogP contribution in [-0.2, 0) is 11.3 Å². The Morgan fingerprint density at radius 3 is 3.33 bits per heavy atom. The lowest BCUT2D eigenvalue weighted by molar-refractivity contribution is 0.138. The van der Waals surface area contributed by atoms with Gasteiger partial charge >= 0.3 is 0 Å². The van der Waals surface area contributed by atoms with E-state index in [0.29, 0.717) is 12.5 Å². The molecular weight excluding hydrogens is 192 g/mol. The molecule has 0 aromatic carbocycles. The van der Waals surface area contributed by atoms with Crippen molar-refractivity contribution in [3.05, 3.63) is 23.9 Å². The minimum absolute atomic E-state index is 0.169. The van der Waals surface area contributed by atoms with Crippen LogP contribution in [0.5, 0.6) is 5.88 Å². The Hall–Kier alpha value is -1.13. The number of pyridine rings is 1. The Bertz CT molecular complexity index is 311. The summed E-state index contributed by atoms with van der Waals surface area (Å²) in [5.41, 5.74) is 1.18. The Kier molecular flexibility index (Phi) is 3.53. The number of aromatic nitrogens is 1. The summed E-state index contributed by atoms with van der Waals surface area (Å²) in [6, 6.07) is 3.95. The van der Waals surface area contributed by atoms with Crippen LogP contribution in [0, 0.1) is 0 Å². The minimum Gasteiger partial charge on any atom is -0.472 e. The molecule has 0 saturated carbocycles. The summed E-state index contributed by atoms with van der Waals surface area (Å²) in [4.78, 5) is 4.18. The zero-order valence-corrected chi connectivity index (χ0v) is 8.90. The second kappa shape index (κ2) is 5.09. The van der Waals surface area contributed by atoms with Crippen LogP contribution in [0.25, 0.3) is 0 Å². The zero-order valence-electron chi connectivity index (χ0n) is 8.90. The van der Waals surface area contributed by atoms with Crippen molar-refractivity contribution >= 4 is 0 Å². The van der Waals surface area contributed by atoms with Crippen molar-refractivity contribution in [1.82, 2.24) is 10.3 Å². The van der Waals surface area contributed by atoms with Gasteiger partial charge in [-0.1, -0.05) is 0 Å². The highest BCUT2D eigenvalue weighted by molar-refractivity contribution is 5.20. The number of hydrogen-bond donors (Lipinski definition) is 1. The maximum atomic E-state index is 5.70. The molecule has 1 aromatic heterocycles. The Morgan fingerprint density at radius 2 is 2.60 bits per heavy atom. The molecule has 0 amide bonds. The van der Waals surface area contributed by atoms with Crippen LogP contribution >= 0.6 is 0 Å². The average molecular weight is 208 g/mol. The van der Waals surface area contributed by atoms with E-state index in [1.54, 1.807) is 6.20 Å². The van der Waals surface area contributed by atoms with Gasteiger partial charge < -0.3 is 14.8 Å². The van der Waals surface area contributed by atoms with Crippen LogP contribution < -0.4 is 10.1 Å². The monoisotopic (exact) mass is 208 g/mol. The maximum absolute atomic E-state index is 5.70. The smallest absolute Gasteiger partial charge is 0.213 e. The summed E-state index contributed by atoms with van der Waals surface area (Å²) in [5, 5.41) is 3.10. The van der Waals surface area contributed by atoms with Crippen LogP contribution in [0.3, 0.4) is 0 Å². The molecule has 15 heavy (non-hydrogen) atoms. The van der Waals surface area contributed by atoms with Crippen molar-refractivity contribution in [3.8, 4) is 5.88 Å². The summed E-state index contributed by atoms with van der Waals surface area (Å²) >= 11 is 0. The molecule has 1 aliphatic rings. The highest BCUT2D eigenvalue weighted by Crippen LogP contribution is 2.15. The van der Waals surface area contributed by atoms with Crippen LogP contribution in [0.2, 0.25) is 0 Å². The standard InChI is InChI=1S/C11H16N2O2/c1-12-7-9-2-4-13-11(6-9)15-10-3-5-14-8-10/h2,4,6,10,12H,3,5,7-8H2,1H3. The fraction of sp³-hybridized carbons (Fsp3) is 0.545. The summed E-state index contributed by atoms with van der Waals surface area (Å²) in [6.45, 7) is 2.30. The molecule has 0 bridgehead atoms. The van der Waals surface area contributed by atoms with Gasteiger partial charge in [-0.3, -0.25) is 0 Å². The third-order valence-corrected chi connectivity index (χ3v) is 2.36. The summed E-state index contributed by atoms with van der Waals surface area (Å²) in [5.74, 6) is 0.693. The molecule has 1 fully saturated rings. The van der Waals surface area contributed by atoms with Gasteiger partial charge in [0.25, 0.3) is 0 Å². The van der Waals surface area contributed by atoms with E-state index in [2.05, 4.69) is 10.3 Å². The number of nitrogens with one attached hydrogen (secondary N) is 1. The second-order valence-electron chi connectivity index (χ2n) is 3.64. The molecule has 1 aliphatic heterocycles. The fourth-order valence-corrected chi connectivity index (χ4v) is 1.61. The van der Waals surface area contributed by atoms with Gasteiger partial charge in [-0.2, -0.15) is 0 Å². The molecule has 82 valence electrons. The van der Waals surface area contributed by atoms with Crippen molar-refractivity contribution in [2.75, 3.05) is 20.3 Å².